The van der Waals surface area contributed by atoms with Crippen molar-refractivity contribution in [2.75, 3.05) is 0 Å². The van der Waals surface area contributed by atoms with Crippen LogP contribution < -0.4 is 0 Å². The largest absolute Gasteiger partial charge is 0.333 e. The van der Waals surface area contributed by atoms with E-state index in [0.717, 1.165) is 39.2 Å². The van der Waals surface area contributed by atoms with Gasteiger partial charge in [-0.1, -0.05) is 36.4 Å². The van der Waals surface area contributed by atoms with Crippen LogP contribution in [0.5, 0.6) is 0 Å². The molecule has 0 bridgehead atoms. The molecule has 29 heavy (non-hydrogen) atoms. The van der Waals surface area contributed by atoms with Gasteiger partial charge in [-0.3, -0.25) is 0 Å². The normalized spacial score (nSPS) is 11.3. The Morgan fingerprint density at radius 1 is 0.793 bits per heavy atom. The van der Waals surface area contributed by atoms with E-state index in [1.165, 1.54) is 11.1 Å². The van der Waals surface area contributed by atoms with Crippen LogP contribution in [0.1, 0.15) is 11.1 Å². The molecule has 0 aliphatic rings. The molecule has 5 heteroatoms. The van der Waals surface area contributed by atoms with Gasteiger partial charge in [0.25, 0.3) is 0 Å². The van der Waals surface area contributed by atoms with Gasteiger partial charge >= 0.3 is 0 Å². The summed E-state index contributed by atoms with van der Waals surface area (Å²) in [5, 5.41) is 4.58. The third-order valence-corrected chi connectivity index (χ3v) is 5.34. The van der Waals surface area contributed by atoms with E-state index in [0.29, 0.717) is 0 Å². The second-order valence-corrected chi connectivity index (χ2v) is 7.35. The number of rotatable bonds is 3. The first-order valence-electron chi connectivity index (χ1n) is 9.61. The highest BCUT2D eigenvalue weighted by Crippen LogP contribution is 2.32. The van der Waals surface area contributed by atoms with Crippen molar-refractivity contribution in [3.8, 4) is 28.2 Å². The van der Waals surface area contributed by atoms with Crippen molar-refractivity contribution in [1.82, 2.24) is 24.3 Å². The van der Waals surface area contributed by atoms with E-state index in [1.54, 1.807) is 6.33 Å². The topological polar surface area (TPSA) is 48.5 Å². The third kappa shape index (κ3) is 2.83. The first-order valence-corrected chi connectivity index (χ1v) is 9.61. The van der Waals surface area contributed by atoms with Crippen LogP contribution in [-0.4, -0.2) is 24.3 Å². The van der Waals surface area contributed by atoms with Crippen molar-refractivity contribution < 1.29 is 0 Å². The smallest absolute Gasteiger partial charge is 0.165 e. The molecule has 0 N–H and O–H groups in total. The van der Waals surface area contributed by atoms with Gasteiger partial charge < -0.3 is 4.57 Å². The zero-order valence-corrected chi connectivity index (χ0v) is 16.7. The Bertz CT molecular complexity index is 1310. The Hall–Kier alpha value is -3.73. The number of para-hydroxylation sites is 1. The first kappa shape index (κ1) is 17.4. The van der Waals surface area contributed by atoms with Crippen LogP contribution in [0.3, 0.4) is 0 Å². The summed E-state index contributed by atoms with van der Waals surface area (Å²) in [6, 6.07) is 21.0. The van der Waals surface area contributed by atoms with E-state index in [4.69, 9.17) is 0 Å². The summed E-state index contributed by atoms with van der Waals surface area (Å²) < 4.78 is 3.98. The van der Waals surface area contributed by atoms with Gasteiger partial charge in [0.1, 0.15) is 6.33 Å². The SMILES string of the molecule is Cc1cc(-c2ccccc2)cc(C)c1-n1ncnc1-c1cccc2ncn(C)c12. The Balaban J connectivity index is 1.69. The molecule has 142 valence electrons. The minimum atomic E-state index is 0.817. The van der Waals surface area contributed by atoms with Gasteiger partial charge in [0.05, 0.1) is 23.0 Å². The molecule has 0 radical (unpaired) electrons. The highest BCUT2D eigenvalue weighted by atomic mass is 15.3. The van der Waals surface area contributed by atoms with E-state index in [2.05, 4.69) is 71.4 Å². The molecule has 2 heterocycles. The zero-order valence-electron chi connectivity index (χ0n) is 16.7. The highest BCUT2D eigenvalue weighted by molar-refractivity contribution is 5.90. The van der Waals surface area contributed by atoms with Crippen molar-refractivity contribution in [1.29, 1.82) is 0 Å². The van der Waals surface area contributed by atoms with Crippen molar-refractivity contribution in [2.24, 2.45) is 7.05 Å². The lowest BCUT2D eigenvalue weighted by molar-refractivity contribution is 0.870. The molecule has 5 nitrogen and oxygen atoms in total. The molecule has 0 aliphatic heterocycles. The van der Waals surface area contributed by atoms with Crippen LogP contribution in [0.2, 0.25) is 0 Å². The monoisotopic (exact) mass is 379 g/mol. The summed E-state index contributed by atoms with van der Waals surface area (Å²) in [5.41, 5.74) is 8.83. The van der Waals surface area contributed by atoms with Crippen molar-refractivity contribution >= 4 is 11.0 Å². The van der Waals surface area contributed by atoms with Crippen molar-refractivity contribution in [2.45, 2.75) is 13.8 Å². The molecule has 0 saturated carbocycles. The molecule has 0 aliphatic carbocycles. The maximum Gasteiger partial charge on any atom is 0.165 e. The minimum absolute atomic E-state index is 0.817. The van der Waals surface area contributed by atoms with Gasteiger partial charge in [-0.15, -0.1) is 0 Å². The fourth-order valence-corrected chi connectivity index (χ4v) is 4.07. The minimum Gasteiger partial charge on any atom is -0.333 e. The molecule has 0 amide bonds. The zero-order chi connectivity index (χ0) is 20.0. The molecular weight excluding hydrogens is 358 g/mol. The quantitative estimate of drug-likeness (QED) is 0.438. The average Bonchev–Trinajstić information content (AvgIpc) is 3.35. The summed E-state index contributed by atoms with van der Waals surface area (Å²) >= 11 is 0. The molecule has 5 aromatic rings. The third-order valence-electron chi connectivity index (χ3n) is 5.34. The molecular formula is C24H21N5. The predicted molar refractivity (Wildman–Crippen MR) is 116 cm³/mol. The van der Waals surface area contributed by atoms with Crippen LogP contribution in [-0.2, 0) is 7.05 Å². The molecule has 2 aromatic heterocycles. The van der Waals surface area contributed by atoms with Crippen LogP contribution in [0.15, 0.2) is 73.3 Å². The maximum absolute atomic E-state index is 4.61. The molecule has 0 spiro atoms. The van der Waals surface area contributed by atoms with Crippen LogP contribution in [0.4, 0.5) is 0 Å². The van der Waals surface area contributed by atoms with Gasteiger partial charge in [-0.2, -0.15) is 5.10 Å². The Labute approximate surface area is 169 Å². The average molecular weight is 379 g/mol. The molecule has 3 aromatic carbocycles. The van der Waals surface area contributed by atoms with Crippen molar-refractivity contribution in [3.05, 3.63) is 84.4 Å². The Kier molecular flexibility index (Phi) is 4.02. The number of nitrogens with zero attached hydrogens (tertiary/aromatic N) is 5. The summed E-state index contributed by atoms with van der Waals surface area (Å²) in [6.45, 7) is 4.26. The van der Waals surface area contributed by atoms with E-state index >= 15 is 0 Å². The second-order valence-electron chi connectivity index (χ2n) is 7.35. The highest BCUT2D eigenvalue weighted by Gasteiger charge is 2.18. The van der Waals surface area contributed by atoms with E-state index in [9.17, 15) is 0 Å². The lowest BCUT2D eigenvalue weighted by Gasteiger charge is -2.15. The van der Waals surface area contributed by atoms with Gasteiger partial charge in [0, 0.05) is 12.6 Å². The van der Waals surface area contributed by atoms with E-state index in [-0.39, 0.29) is 0 Å². The van der Waals surface area contributed by atoms with Crippen LogP contribution >= 0.6 is 0 Å². The summed E-state index contributed by atoms with van der Waals surface area (Å²) in [4.78, 5) is 9.08. The number of aryl methyl sites for hydroxylation is 3. The van der Waals surface area contributed by atoms with Gasteiger partial charge in [0.2, 0.25) is 0 Å². The first-order chi connectivity index (χ1) is 14.1. The number of hydrogen-bond acceptors (Lipinski definition) is 3. The van der Waals surface area contributed by atoms with Crippen molar-refractivity contribution in [3.63, 3.8) is 0 Å². The number of aromatic nitrogens is 5. The van der Waals surface area contributed by atoms with Gasteiger partial charge in [-0.25, -0.2) is 14.6 Å². The van der Waals surface area contributed by atoms with E-state index in [1.807, 2.05) is 40.8 Å². The van der Waals surface area contributed by atoms with E-state index < -0.39 is 0 Å². The van der Waals surface area contributed by atoms with Gasteiger partial charge in [0.15, 0.2) is 5.82 Å². The molecule has 5 rings (SSSR count). The summed E-state index contributed by atoms with van der Waals surface area (Å²) in [7, 11) is 2.00. The van der Waals surface area contributed by atoms with Crippen LogP contribution in [0, 0.1) is 13.8 Å². The Morgan fingerprint density at radius 3 is 2.31 bits per heavy atom. The standard InChI is InChI=1S/C24H21N5/c1-16-12-19(18-8-5-4-6-9-18)13-17(2)22(16)29-24(25-14-27-29)20-10-7-11-21-23(20)28(3)15-26-21/h4-15H,1-3H3. The molecule has 0 fully saturated rings. The van der Waals surface area contributed by atoms with Crippen LogP contribution in [0.25, 0.3) is 39.2 Å². The number of hydrogen-bond donors (Lipinski definition) is 0. The number of fused-ring (bicyclic) bond motifs is 1. The maximum atomic E-state index is 4.61. The number of imidazole rings is 1. The predicted octanol–water partition coefficient (Wildman–Crippen LogP) is 5.10. The van der Waals surface area contributed by atoms with Gasteiger partial charge in [-0.05, 0) is 60.4 Å². The molecule has 0 unspecified atom stereocenters. The second kappa shape index (κ2) is 6.71. The number of benzene rings is 3. The molecule has 0 atom stereocenters. The fourth-order valence-electron chi connectivity index (χ4n) is 4.07. The Morgan fingerprint density at radius 2 is 1.55 bits per heavy atom. The lowest BCUT2D eigenvalue weighted by atomic mass is 9.99. The summed E-state index contributed by atoms with van der Waals surface area (Å²) in [6.07, 6.45) is 3.45. The molecule has 0 saturated heterocycles. The summed E-state index contributed by atoms with van der Waals surface area (Å²) in [5.74, 6) is 0.817. The lowest BCUT2D eigenvalue weighted by Crippen LogP contribution is -2.05. The fraction of sp³-hybridized carbons (Fsp3) is 0.125.